The molecule has 6 nitrogen and oxygen atoms in total. The van der Waals surface area contributed by atoms with Crippen molar-refractivity contribution in [3.8, 4) is 0 Å². The van der Waals surface area contributed by atoms with E-state index in [2.05, 4.69) is 10.6 Å². The van der Waals surface area contributed by atoms with Crippen molar-refractivity contribution in [2.75, 3.05) is 33.8 Å². The first-order valence-corrected chi connectivity index (χ1v) is 7.96. The quantitative estimate of drug-likeness (QED) is 0.779. The third-order valence-corrected chi connectivity index (χ3v) is 3.86. The van der Waals surface area contributed by atoms with E-state index < -0.39 is 0 Å². The molecule has 1 saturated heterocycles. The van der Waals surface area contributed by atoms with Gasteiger partial charge < -0.3 is 15.4 Å². The van der Waals surface area contributed by atoms with Crippen LogP contribution in [0.5, 0.6) is 0 Å². The largest absolute Gasteiger partial charge is 0.376 e. The molecule has 0 saturated carbocycles. The zero-order chi connectivity index (χ0) is 16.7. The Bertz CT molecular complexity index is 524. The highest BCUT2D eigenvalue weighted by Gasteiger charge is 2.16. The van der Waals surface area contributed by atoms with Crippen molar-refractivity contribution in [2.45, 2.75) is 25.5 Å². The summed E-state index contributed by atoms with van der Waals surface area (Å²) in [5, 5.41) is 5.51. The van der Waals surface area contributed by atoms with Crippen molar-refractivity contribution < 1.29 is 14.3 Å². The van der Waals surface area contributed by atoms with Gasteiger partial charge in [-0.2, -0.15) is 0 Å². The molecule has 23 heavy (non-hydrogen) atoms. The lowest BCUT2D eigenvalue weighted by Gasteiger charge is -2.17. The van der Waals surface area contributed by atoms with Crippen LogP contribution in [0.15, 0.2) is 24.3 Å². The van der Waals surface area contributed by atoms with Gasteiger partial charge in [-0.1, -0.05) is 12.1 Å². The van der Waals surface area contributed by atoms with E-state index >= 15 is 0 Å². The van der Waals surface area contributed by atoms with E-state index in [1.54, 1.807) is 19.2 Å². The highest BCUT2D eigenvalue weighted by Crippen LogP contribution is 2.10. The first-order chi connectivity index (χ1) is 11.1. The Morgan fingerprint density at radius 1 is 1.30 bits per heavy atom. The first kappa shape index (κ1) is 17.4. The van der Waals surface area contributed by atoms with E-state index in [-0.39, 0.29) is 17.9 Å². The van der Waals surface area contributed by atoms with E-state index in [1.165, 1.54) is 0 Å². The topological polar surface area (TPSA) is 70.7 Å². The Kier molecular flexibility index (Phi) is 6.55. The number of likely N-dealkylation sites (N-methyl/N-ethyl adjacent to an activating group) is 1. The summed E-state index contributed by atoms with van der Waals surface area (Å²) in [6.07, 6.45) is 2.27. The molecule has 0 radical (unpaired) electrons. The summed E-state index contributed by atoms with van der Waals surface area (Å²) in [4.78, 5) is 25.4. The first-order valence-electron chi connectivity index (χ1n) is 7.96. The van der Waals surface area contributed by atoms with Crippen molar-refractivity contribution >= 4 is 11.8 Å². The number of benzene rings is 1. The molecule has 1 aliphatic rings. The summed E-state index contributed by atoms with van der Waals surface area (Å²) in [7, 11) is 3.51. The Labute approximate surface area is 137 Å². The molecule has 0 aliphatic carbocycles. The molecule has 1 atom stereocenters. The predicted molar refractivity (Wildman–Crippen MR) is 88.1 cm³/mol. The molecule has 0 aromatic heterocycles. The van der Waals surface area contributed by atoms with Crippen LogP contribution in [0.1, 0.15) is 28.8 Å². The molecule has 1 aromatic carbocycles. The fraction of sp³-hybridized carbons (Fsp3) is 0.529. The van der Waals surface area contributed by atoms with Gasteiger partial charge in [0.2, 0.25) is 5.91 Å². The van der Waals surface area contributed by atoms with Crippen LogP contribution in [-0.4, -0.2) is 56.6 Å². The van der Waals surface area contributed by atoms with Crippen molar-refractivity contribution in [1.82, 2.24) is 15.5 Å². The third-order valence-electron chi connectivity index (χ3n) is 3.86. The SMILES string of the molecule is CNC(=O)c1ccc(CN(C)CC(=O)NC[C@H]2CCCO2)cc1. The summed E-state index contributed by atoms with van der Waals surface area (Å²) in [6, 6.07) is 7.40. The number of nitrogens with zero attached hydrogens (tertiary/aromatic N) is 1. The number of amides is 2. The molecule has 0 bridgehead atoms. The smallest absolute Gasteiger partial charge is 0.251 e. The average molecular weight is 319 g/mol. The summed E-state index contributed by atoms with van der Waals surface area (Å²) in [5.41, 5.74) is 1.69. The van der Waals surface area contributed by atoms with E-state index in [0.717, 1.165) is 25.0 Å². The lowest BCUT2D eigenvalue weighted by atomic mass is 10.1. The molecule has 0 unspecified atom stereocenters. The molecule has 1 heterocycles. The minimum atomic E-state index is -0.0987. The number of carbonyl (C=O) groups excluding carboxylic acids is 2. The minimum absolute atomic E-state index is 0.00461. The van der Waals surface area contributed by atoms with Gasteiger partial charge in [0.15, 0.2) is 0 Å². The van der Waals surface area contributed by atoms with E-state index in [1.807, 2.05) is 24.1 Å². The van der Waals surface area contributed by atoms with Gasteiger partial charge in [-0.3, -0.25) is 14.5 Å². The fourth-order valence-electron chi connectivity index (χ4n) is 2.61. The maximum Gasteiger partial charge on any atom is 0.251 e. The molecular formula is C17H25N3O3. The Hall–Kier alpha value is -1.92. The maximum absolute atomic E-state index is 11.9. The number of hydrogen-bond donors (Lipinski definition) is 2. The lowest BCUT2D eigenvalue weighted by Crippen LogP contribution is -2.38. The van der Waals surface area contributed by atoms with E-state index in [0.29, 0.717) is 25.2 Å². The van der Waals surface area contributed by atoms with Crippen molar-refractivity contribution in [3.63, 3.8) is 0 Å². The molecule has 0 spiro atoms. The van der Waals surface area contributed by atoms with Crippen LogP contribution in [0.4, 0.5) is 0 Å². The van der Waals surface area contributed by atoms with Gasteiger partial charge in [-0.25, -0.2) is 0 Å². The Morgan fingerprint density at radius 3 is 2.65 bits per heavy atom. The Balaban J connectivity index is 1.73. The average Bonchev–Trinajstić information content (AvgIpc) is 3.06. The predicted octanol–water partition coefficient (Wildman–Crippen LogP) is 0.773. The number of nitrogens with one attached hydrogen (secondary N) is 2. The Morgan fingerprint density at radius 2 is 2.04 bits per heavy atom. The normalized spacial score (nSPS) is 17.3. The number of ether oxygens (including phenoxy) is 1. The lowest BCUT2D eigenvalue weighted by molar-refractivity contribution is -0.122. The highest BCUT2D eigenvalue weighted by atomic mass is 16.5. The summed E-state index contributed by atoms with van der Waals surface area (Å²) in [6.45, 7) is 2.38. The van der Waals surface area contributed by atoms with Crippen molar-refractivity contribution in [2.24, 2.45) is 0 Å². The standard InChI is InChI=1S/C17H25N3O3/c1-18-17(22)14-7-5-13(6-8-14)11-20(2)12-16(21)19-10-15-4-3-9-23-15/h5-8,15H,3-4,9-12H2,1-2H3,(H,18,22)(H,19,21)/t15-/m1/s1. The zero-order valence-electron chi connectivity index (χ0n) is 13.8. The van der Waals surface area contributed by atoms with Gasteiger partial charge in [0.05, 0.1) is 12.6 Å². The van der Waals surface area contributed by atoms with Gasteiger partial charge >= 0.3 is 0 Å². The number of carbonyl (C=O) groups is 2. The highest BCUT2D eigenvalue weighted by molar-refractivity contribution is 5.93. The van der Waals surface area contributed by atoms with E-state index in [4.69, 9.17) is 4.74 Å². The van der Waals surface area contributed by atoms with Crippen LogP contribution >= 0.6 is 0 Å². The van der Waals surface area contributed by atoms with Gasteiger partial charge in [-0.05, 0) is 37.6 Å². The van der Waals surface area contributed by atoms with Crippen LogP contribution in [0.2, 0.25) is 0 Å². The van der Waals surface area contributed by atoms with Crippen LogP contribution < -0.4 is 10.6 Å². The molecule has 2 rings (SSSR count). The molecule has 1 aromatic rings. The number of rotatable bonds is 7. The minimum Gasteiger partial charge on any atom is -0.376 e. The zero-order valence-corrected chi connectivity index (χ0v) is 13.8. The fourth-order valence-corrected chi connectivity index (χ4v) is 2.61. The molecular weight excluding hydrogens is 294 g/mol. The summed E-state index contributed by atoms with van der Waals surface area (Å²) in [5.74, 6) is -0.0941. The number of hydrogen-bond acceptors (Lipinski definition) is 4. The molecule has 2 amide bonds. The van der Waals surface area contributed by atoms with Gasteiger partial charge in [-0.15, -0.1) is 0 Å². The van der Waals surface area contributed by atoms with Crippen molar-refractivity contribution in [3.05, 3.63) is 35.4 Å². The van der Waals surface area contributed by atoms with Gasteiger partial charge in [0, 0.05) is 32.3 Å². The van der Waals surface area contributed by atoms with Crippen LogP contribution in [0, 0.1) is 0 Å². The second-order valence-corrected chi connectivity index (χ2v) is 5.89. The van der Waals surface area contributed by atoms with Crippen LogP contribution in [0.3, 0.4) is 0 Å². The summed E-state index contributed by atoms with van der Waals surface area (Å²) >= 11 is 0. The van der Waals surface area contributed by atoms with Crippen LogP contribution in [-0.2, 0) is 16.1 Å². The second-order valence-electron chi connectivity index (χ2n) is 5.89. The van der Waals surface area contributed by atoms with Crippen LogP contribution in [0.25, 0.3) is 0 Å². The monoisotopic (exact) mass is 319 g/mol. The van der Waals surface area contributed by atoms with E-state index in [9.17, 15) is 9.59 Å². The second kappa shape index (κ2) is 8.64. The van der Waals surface area contributed by atoms with Gasteiger partial charge in [0.1, 0.15) is 0 Å². The van der Waals surface area contributed by atoms with Crippen molar-refractivity contribution in [1.29, 1.82) is 0 Å². The third kappa shape index (κ3) is 5.65. The summed E-state index contributed by atoms with van der Waals surface area (Å²) < 4.78 is 5.48. The molecule has 1 fully saturated rings. The maximum atomic E-state index is 11.9. The van der Waals surface area contributed by atoms with Gasteiger partial charge in [0.25, 0.3) is 5.91 Å². The molecule has 1 aliphatic heterocycles. The molecule has 126 valence electrons. The molecule has 6 heteroatoms. The molecule has 2 N–H and O–H groups in total.